The summed E-state index contributed by atoms with van der Waals surface area (Å²) in [4.78, 5) is 24.2. The Hall–Kier alpha value is -3.48. The van der Waals surface area contributed by atoms with E-state index in [0.29, 0.717) is 28.5 Å². The van der Waals surface area contributed by atoms with Crippen LogP contribution in [0.2, 0.25) is 0 Å². The van der Waals surface area contributed by atoms with Gasteiger partial charge in [0.25, 0.3) is 0 Å². The maximum absolute atomic E-state index is 12.5. The molecule has 2 aromatic carbocycles. The van der Waals surface area contributed by atoms with Gasteiger partial charge in [-0.25, -0.2) is 4.79 Å². The van der Waals surface area contributed by atoms with Crippen LogP contribution in [0.4, 0.5) is 10.5 Å². The quantitative estimate of drug-likeness (QED) is 0.516. The van der Waals surface area contributed by atoms with Gasteiger partial charge in [-0.05, 0) is 61.9 Å². The van der Waals surface area contributed by atoms with Crippen molar-refractivity contribution in [1.82, 2.24) is 5.32 Å². The molecule has 0 bridgehead atoms. The molecule has 0 atom stereocenters. The van der Waals surface area contributed by atoms with Crippen molar-refractivity contribution in [3.8, 4) is 17.2 Å². The molecule has 7 nitrogen and oxygen atoms in total. The number of carbonyl (C=O) groups is 2. The second-order valence-corrected chi connectivity index (χ2v) is 6.49. The maximum atomic E-state index is 12.5. The highest BCUT2D eigenvalue weighted by Gasteiger charge is 2.12. The SMILES string of the molecule is COc1cc(/C=C/C(=O)c2ccc(NC(=O)NC(C)C)cc2)cc(OC)c1OC. The highest BCUT2D eigenvalue weighted by molar-refractivity contribution is 6.07. The van der Waals surface area contributed by atoms with Gasteiger partial charge in [0, 0.05) is 17.3 Å². The van der Waals surface area contributed by atoms with Crippen LogP contribution in [0.1, 0.15) is 29.8 Å². The smallest absolute Gasteiger partial charge is 0.319 e. The number of amides is 2. The summed E-state index contributed by atoms with van der Waals surface area (Å²) in [5.74, 6) is 1.34. The third-order valence-corrected chi connectivity index (χ3v) is 3.96. The van der Waals surface area contributed by atoms with Gasteiger partial charge in [-0.1, -0.05) is 6.08 Å². The van der Waals surface area contributed by atoms with Crippen LogP contribution >= 0.6 is 0 Å². The van der Waals surface area contributed by atoms with Gasteiger partial charge in [0.15, 0.2) is 17.3 Å². The number of hydrogen-bond donors (Lipinski definition) is 2. The number of nitrogens with one attached hydrogen (secondary N) is 2. The number of methoxy groups -OCH3 is 3. The molecule has 154 valence electrons. The van der Waals surface area contributed by atoms with Gasteiger partial charge in [-0.2, -0.15) is 0 Å². The Morgan fingerprint density at radius 1 is 0.931 bits per heavy atom. The first-order valence-electron chi connectivity index (χ1n) is 9.08. The van der Waals surface area contributed by atoms with Crippen LogP contribution in [0.5, 0.6) is 17.2 Å². The summed E-state index contributed by atoms with van der Waals surface area (Å²) < 4.78 is 15.9. The minimum atomic E-state index is -0.290. The molecular weight excluding hydrogens is 372 g/mol. The van der Waals surface area contributed by atoms with Crippen LogP contribution < -0.4 is 24.8 Å². The number of hydrogen-bond acceptors (Lipinski definition) is 5. The van der Waals surface area contributed by atoms with E-state index in [1.807, 2.05) is 13.8 Å². The highest BCUT2D eigenvalue weighted by Crippen LogP contribution is 2.38. The Morgan fingerprint density at radius 2 is 1.52 bits per heavy atom. The van der Waals surface area contributed by atoms with Crippen molar-refractivity contribution in [1.29, 1.82) is 0 Å². The van der Waals surface area contributed by atoms with Crippen LogP contribution in [0.15, 0.2) is 42.5 Å². The topological polar surface area (TPSA) is 85.9 Å². The van der Waals surface area contributed by atoms with E-state index in [-0.39, 0.29) is 17.9 Å². The van der Waals surface area contributed by atoms with E-state index in [9.17, 15) is 9.59 Å². The Bertz CT molecular complexity index is 864. The number of ether oxygens (including phenoxy) is 3. The van der Waals surface area contributed by atoms with Crippen molar-refractivity contribution in [2.24, 2.45) is 0 Å². The first kappa shape index (κ1) is 21.8. The van der Waals surface area contributed by atoms with Crippen LogP contribution in [0.25, 0.3) is 6.08 Å². The molecule has 0 aliphatic carbocycles. The summed E-state index contributed by atoms with van der Waals surface area (Å²) in [7, 11) is 4.60. The first-order chi connectivity index (χ1) is 13.9. The number of urea groups is 1. The lowest BCUT2D eigenvalue weighted by Gasteiger charge is -2.12. The largest absolute Gasteiger partial charge is 0.493 e. The zero-order chi connectivity index (χ0) is 21.4. The number of anilines is 1. The molecule has 0 saturated heterocycles. The van der Waals surface area contributed by atoms with E-state index in [1.165, 1.54) is 27.4 Å². The fourth-order valence-electron chi connectivity index (χ4n) is 2.61. The fourth-order valence-corrected chi connectivity index (χ4v) is 2.61. The zero-order valence-corrected chi connectivity index (χ0v) is 17.2. The van der Waals surface area contributed by atoms with E-state index in [0.717, 1.165) is 5.56 Å². The average molecular weight is 398 g/mol. The Kier molecular flexibility index (Phi) is 7.65. The van der Waals surface area contributed by atoms with Crippen molar-refractivity contribution in [3.63, 3.8) is 0 Å². The standard InChI is InChI=1S/C22H26N2O5/c1-14(2)23-22(26)24-17-9-7-16(8-10-17)18(25)11-6-15-12-19(27-3)21(29-5)20(13-15)28-4/h6-14H,1-5H3,(H2,23,24,26)/b11-6+. The van der Waals surface area contributed by atoms with Gasteiger partial charge in [0.05, 0.1) is 21.3 Å². The highest BCUT2D eigenvalue weighted by atomic mass is 16.5. The van der Waals surface area contributed by atoms with Gasteiger partial charge in [-0.15, -0.1) is 0 Å². The molecule has 0 aromatic heterocycles. The molecule has 29 heavy (non-hydrogen) atoms. The second-order valence-electron chi connectivity index (χ2n) is 6.49. The predicted molar refractivity (Wildman–Crippen MR) is 113 cm³/mol. The van der Waals surface area contributed by atoms with Crippen LogP contribution in [0.3, 0.4) is 0 Å². The molecule has 0 aliphatic rings. The van der Waals surface area contributed by atoms with E-state index in [1.54, 1.807) is 42.5 Å². The lowest BCUT2D eigenvalue weighted by molar-refractivity contribution is 0.104. The molecule has 2 rings (SSSR count). The van der Waals surface area contributed by atoms with E-state index in [2.05, 4.69) is 10.6 Å². The molecule has 0 fully saturated rings. The molecule has 0 saturated carbocycles. The predicted octanol–water partition coefficient (Wildman–Crippen LogP) is 4.14. The number of allylic oxidation sites excluding steroid dienone is 1. The van der Waals surface area contributed by atoms with Crippen molar-refractivity contribution in [2.45, 2.75) is 19.9 Å². The fraction of sp³-hybridized carbons (Fsp3) is 0.273. The molecule has 2 amide bonds. The Balaban J connectivity index is 2.12. The van der Waals surface area contributed by atoms with Gasteiger partial charge >= 0.3 is 6.03 Å². The second kappa shape index (κ2) is 10.2. The van der Waals surface area contributed by atoms with Gasteiger partial charge in [0.2, 0.25) is 5.75 Å². The summed E-state index contributed by atoms with van der Waals surface area (Å²) in [5, 5.41) is 5.45. The lowest BCUT2D eigenvalue weighted by atomic mass is 10.1. The summed E-state index contributed by atoms with van der Waals surface area (Å²) >= 11 is 0. The third kappa shape index (κ3) is 6.00. The Labute approximate surface area is 170 Å². The van der Waals surface area contributed by atoms with Gasteiger partial charge in [-0.3, -0.25) is 4.79 Å². The molecular formula is C22H26N2O5. The summed E-state index contributed by atoms with van der Waals surface area (Å²) in [5.41, 5.74) is 1.84. The van der Waals surface area contributed by atoms with Gasteiger partial charge < -0.3 is 24.8 Å². The van der Waals surface area contributed by atoms with Crippen molar-refractivity contribution < 1.29 is 23.8 Å². The van der Waals surface area contributed by atoms with Crippen molar-refractivity contribution in [3.05, 3.63) is 53.6 Å². The normalized spacial score (nSPS) is 10.7. The molecule has 7 heteroatoms. The molecule has 2 N–H and O–H groups in total. The van der Waals surface area contributed by atoms with E-state index in [4.69, 9.17) is 14.2 Å². The summed E-state index contributed by atoms with van der Waals surface area (Å²) in [6.07, 6.45) is 3.14. The summed E-state index contributed by atoms with van der Waals surface area (Å²) in [6.45, 7) is 3.75. The number of ketones is 1. The van der Waals surface area contributed by atoms with E-state index < -0.39 is 0 Å². The maximum Gasteiger partial charge on any atom is 0.319 e. The molecule has 0 unspecified atom stereocenters. The first-order valence-corrected chi connectivity index (χ1v) is 9.08. The monoisotopic (exact) mass is 398 g/mol. The molecule has 0 radical (unpaired) electrons. The third-order valence-electron chi connectivity index (χ3n) is 3.96. The van der Waals surface area contributed by atoms with Crippen molar-refractivity contribution in [2.75, 3.05) is 26.6 Å². The zero-order valence-electron chi connectivity index (χ0n) is 17.2. The molecule has 0 spiro atoms. The van der Waals surface area contributed by atoms with Crippen molar-refractivity contribution >= 4 is 23.6 Å². The van der Waals surface area contributed by atoms with Crippen LogP contribution in [-0.4, -0.2) is 39.2 Å². The number of benzene rings is 2. The Morgan fingerprint density at radius 3 is 2.00 bits per heavy atom. The molecule has 0 heterocycles. The minimum absolute atomic E-state index is 0.0381. The number of rotatable bonds is 8. The molecule has 2 aromatic rings. The van der Waals surface area contributed by atoms with Crippen LogP contribution in [0, 0.1) is 0 Å². The molecule has 0 aliphatic heterocycles. The minimum Gasteiger partial charge on any atom is -0.493 e. The summed E-state index contributed by atoms with van der Waals surface area (Å²) in [6, 6.07) is 9.94. The van der Waals surface area contributed by atoms with Gasteiger partial charge in [0.1, 0.15) is 0 Å². The van der Waals surface area contributed by atoms with E-state index >= 15 is 0 Å². The lowest BCUT2D eigenvalue weighted by Crippen LogP contribution is -2.34. The number of carbonyl (C=O) groups excluding carboxylic acids is 2. The van der Waals surface area contributed by atoms with Crippen LogP contribution in [-0.2, 0) is 0 Å². The average Bonchev–Trinajstić information content (AvgIpc) is 2.70.